The maximum Gasteiger partial charge on any atom is 0.224 e. The average molecular weight is 326 g/mol. The molecule has 1 amide bonds. The fourth-order valence-electron chi connectivity index (χ4n) is 1.76. The molecule has 106 valence electrons. The molecule has 2 nitrogen and oxygen atoms in total. The number of halogens is 1. The first-order valence-corrected chi connectivity index (χ1v) is 7.61. The van der Waals surface area contributed by atoms with Crippen LogP contribution in [-0.4, -0.2) is 5.91 Å². The largest absolute Gasteiger partial charge is 0.326 e. The SMILES string of the molecule is CCc1cc(Br)ccc1NC(=O)CC(C)C(C)(C)C. The summed E-state index contributed by atoms with van der Waals surface area (Å²) in [5, 5.41) is 3.03. The molecule has 19 heavy (non-hydrogen) atoms. The highest BCUT2D eigenvalue weighted by Crippen LogP contribution is 2.29. The number of hydrogen-bond donors (Lipinski definition) is 1. The molecule has 0 saturated heterocycles. The zero-order valence-electron chi connectivity index (χ0n) is 12.5. The summed E-state index contributed by atoms with van der Waals surface area (Å²) in [7, 11) is 0. The van der Waals surface area contributed by atoms with Gasteiger partial charge >= 0.3 is 0 Å². The topological polar surface area (TPSA) is 29.1 Å². The van der Waals surface area contributed by atoms with E-state index in [9.17, 15) is 4.79 Å². The Morgan fingerprint density at radius 2 is 2.00 bits per heavy atom. The Morgan fingerprint density at radius 3 is 2.53 bits per heavy atom. The van der Waals surface area contributed by atoms with Crippen molar-refractivity contribution in [2.75, 3.05) is 5.32 Å². The van der Waals surface area contributed by atoms with Gasteiger partial charge in [-0.2, -0.15) is 0 Å². The quantitative estimate of drug-likeness (QED) is 0.827. The second kappa shape index (κ2) is 6.56. The van der Waals surface area contributed by atoms with E-state index in [1.54, 1.807) is 0 Å². The number of carbonyl (C=O) groups is 1. The van der Waals surface area contributed by atoms with E-state index in [0.717, 1.165) is 22.1 Å². The van der Waals surface area contributed by atoms with Crippen LogP contribution in [0.5, 0.6) is 0 Å². The summed E-state index contributed by atoms with van der Waals surface area (Å²) in [4.78, 5) is 12.1. The van der Waals surface area contributed by atoms with Crippen molar-refractivity contribution in [2.24, 2.45) is 11.3 Å². The third-order valence-corrected chi connectivity index (χ3v) is 4.19. The van der Waals surface area contributed by atoms with Gasteiger partial charge in [0.1, 0.15) is 0 Å². The van der Waals surface area contributed by atoms with Crippen molar-refractivity contribution in [3.8, 4) is 0 Å². The van der Waals surface area contributed by atoms with Crippen molar-refractivity contribution in [3.05, 3.63) is 28.2 Å². The molecule has 1 rings (SSSR count). The monoisotopic (exact) mass is 325 g/mol. The zero-order valence-corrected chi connectivity index (χ0v) is 14.1. The van der Waals surface area contributed by atoms with Gasteiger partial charge in [-0.1, -0.05) is 50.5 Å². The molecule has 0 saturated carbocycles. The first-order valence-electron chi connectivity index (χ1n) is 6.82. The highest BCUT2D eigenvalue weighted by molar-refractivity contribution is 9.10. The van der Waals surface area contributed by atoms with Crippen LogP contribution >= 0.6 is 15.9 Å². The minimum absolute atomic E-state index is 0.0967. The van der Waals surface area contributed by atoms with Crippen LogP contribution < -0.4 is 5.32 Å². The lowest BCUT2D eigenvalue weighted by Crippen LogP contribution is -2.24. The second-order valence-electron chi connectivity index (χ2n) is 6.17. The molecule has 3 heteroatoms. The van der Waals surface area contributed by atoms with Gasteiger partial charge in [-0.3, -0.25) is 4.79 Å². The van der Waals surface area contributed by atoms with Gasteiger partial charge in [0.15, 0.2) is 0 Å². The van der Waals surface area contributed by atoms with E-state index in [1.807, 2.05) is 12.1 Å². The first-order chi connectivity index (χ1) is 8.74. The van der Waals surface area contributed by atoms with Crippen molar-refractivity contribution >= 4 is 27.5 Å². The summed E-state index contributed by atoms with van der Waals surface area (Å²) in [5.41, 5.74) is 2.24. The molecule has 0 fully saturated rings. The van der Waals surface area contributed by atoms with Crippen LogP contribution in [0.1, 0.15) is 46.6 Å². The minimum Gasteiger partial charge on any atom is -0.326 e. The first kappa shape index (κ1) is 16.2. The number of rotatable bonds is 4. The third kappa shape index (κ3) is 4.98. The molecule has 0 aliphatic rings. The van der Waals surface area contributed by atoms with Crippen molar-refractivity contribution in [1.82, 2.24) is 0 Å². The summed E-state index contributed by atoms with van der Waals surface area (Å²) in [6.07, 6.45) is 1.46. The Hall–Kier alpha value is -0.830. The lowest BCUT2D eigenvalue weighted by molar-refractivity contribution is -0.117. The Bertz CT molecular complexity index is 449. The lowest BCUT2D eigenvalue weighted by Gasteiger charge is -2.26. The predicted octanol–water partition coefficient (Wildman–Crippen LogP) is 5.02. The van der Waals surface area contributed by atoms with E-state index in [-0.39, 0.29) is 11.3 Å². The Kier molecular flexibility index (Phi) is 5.60. The predicted molar refractivity (Wildman–Crippen MR) is 85.4 cm³/mol. The molecule has 1 atom stereocenters. The third-order valence-electron chi connectivity index (χ3n) is 3.69. The summed E-state index contributed by atoms with van der Waals surface area (Å²) >= 11 is 3.46. The molecular formula is C16H24BrNO. The van der Waals surface area contributed by atoms with Crippen molar-refractivity contribution < 1.29 is 4.79 Å². The Balaban J connectivity index is 2.72. The van der Waals surface area contributed by atoms with E-state index < -0.39 is 0 Å². The molecule has 1 aromatic rings. The number of anilines is 1. The van der Waals surface area contributed by atoms with Gasteiger partial charge in [-0.25, -0.2) is 0 Å². The lowest BCUT2D eigenvalue weighted by atomic mass is 9.80. The van der Waals surface area contributed by atoms with Crippen molar-refractivity contribution in [1.29, 1.82) is 0 Å². The van der Waals surface area contributed by atoms with Gasteiger partial charge in [-0.05, 0) is 41.5 Å². The molecule has 0 heterocycles. The van der Waals surface area contributed by atoms with Crippen LogP contribution in [0.15, 0.2) is 22.7 Å². The number of aryl methyl sites for hydroxylation is 1. The number of amides is 1. The molecule has 0 aliphatic carbocycles. The van der Waals surface area contributed by atoms with Gasteiger partial charge in [0.2, 0.25) is 5.91 Å². The Labute approximate surface area is 125 Å². The zero-order chi connectivity index (χ0) is 14.6. The molecule has 1 aromatic carbocycles. The van der Waals surface area contributed by atoms with Gasteiger partial charge in [0.25, 0.3) is 0 Å². The van der Waals surface area contributed by atoms with E-state index >= 15 is 0 Å². The maximum atomic E-state index is 12.1. The van der Waals surface area contributed by atoms with Crippen LogP contribution in [0.25, 0.3) is 0 Å². The molecule has 0 spiro atoms. The van der Waals surface area contributed by atoms with E-state index in [2.05, 4.69) is 61.9 Å². The normalized spacial score (nSPS) is 13.2. The van der Waals surface area contributed by atoms with Gasteiger partial charge in [0.05, 0.1) is 0 Å². The summed E-state index contributed by atoms with van der Waals surface area (Å²) < 4.78 is 1.05. The summed E-state index contributed by atoms with van der Waals surface area (Å²) in [6, 6.07) is 5.98. The Morgan fingerprint density at radius 1 is 1.37 bits per heavy atom. The van der Waals surface area contributed by atoms with Crippen LogP contribution in [-0.2, 0) is 11.2 Å². The van der Waals surface area contributed by atoms with E-state index in [0.29, 0.717) is 12.3 Å². The van der Waals surface area contributed by atoms with Crippen LogP contribution in [0, 0.1) is 11.3 Å². The average Bonchev–Trinajstić information content (AvgIpc) is 2.30. The van der Waals surface area contributed by atoms with E-state index in [1.165, 1.54) is 0 Å². The number of hydrogen-bond acceptors (Lipinski definition) is 1. The van der Waals surface area contributed by atoms with Crippen LogP contribution in [0.2, 0.25) is 0 Å². The molecule has 0 aromatic heterocycles. The molecular weight excluding hydrogens is 302 g/mol. The molecule has 1 N–H and O–H groups in total. The van der Waals surface area contributed by atoms with Crippen molar-refractivity contribution in [3.63, 3.8) is 0 Å². The fraction of sp³-hybridized carbons (Fsp3) is 0.562. The smallest absolute Gasteiger partial charge is 0.224 e. The van der Waals surface area contributed by atoms with E-state index in [4.69, 9.17) is 0 Å². The number of nitrogens with one attached hydrogen (secondary N) is 1. The molecule has 1 unspecified atom stereocenters. The van der Waals surface area contributed by atoms with Crippen molar-refractivity contribution in [2.45, 2.75) is 47.5 Å². The minimum atomic E-state index is 0.0967. The summed E-state index contributed by atoms with van der Waals surface area (Å²) in [5.74, 6) is 0.451. The standard InChI is InChI=1S/C16H24BrNO/c1-6-12-10-13(17)7-8-14(12)18-15(19)9-11(2)16(3,4)5/h7-8,10-11H,6,9H2,1-5H3,(H,18,19). The molecule has 0 bridgehead atoms. The second-order valence-corrected chi connectivity index (χ2v) is 7.09. The van der Waals surface area contributed by atoms with Gasteiger partial charge in [0, 0.05) is 16.6 Å². The molecule has 0 radical (unpaired) electrons. The highest BCUT2D eigenvalue weighted by Gasteiger charge is 2.22. The maximum absolute atomic E-state index is 12.1. The number of benzene rings is 1. The van der Waals surface area contributed by atoms with Crippen LogP contribution in [0.3, 0.4) is 0 Å². The molecule has 0 aliphatic heterocycles. The van der Waals surface area contributed by atoms with Gasteiger partial charge < -0.3 is 5.32 Å². The van der Waals surface area contributed by atoms with Gasteiger partial charge in [-0.15, -0.1) is 0 Å². The number of carbonyl (C=O) groups excluding carboxylic acids is 1. The summed E-state index contributed by atoms with van der Waals surface area (Å²) in [6.45, 7) is 10.7. The highest BCUT2D eigenvalue weighted by atomic mass is 79.9. The van der Waals surface area contributed by atoms with Crippen LogP contribution in [0.4, 0.5) is 5.69 Å². The fourth-order valence-corrected chi connectivity index (χ4v) is 2.17.